The summed E-state index contributed by atoms with van der Waals surface area (Å²) in [6.45, 7) is 0.341. The summed E-state index contributed by atoms with van der Waals surface area (Å²) in [4.78, 5) is 11.9. The molecule has 0 spiro atoms. The van der Waals surface area contributed by atoms with Crippen molar-refractivity contribution < 1.29 is 9.53 Å². The Morgan fingerprint density at radius 1 is 1.19 bits per heavy atom. The minimum atomic E-state index is -0.370. The highest BCUT2D eigenvalue weighted by Crippen LogP contribution is 2.25. The number of carbonyl (C=O) groups is 1. The molecule has 2 amide bonds. The Hall–Kier alpha value is -1.91. The summed E-state index contributed by atoms with van der Waals surface area (Å²) >= 11 is 11.8. The lowest BCUT2D eigenvalue weighted by Crippen LogP contribution is -2.28. The molecule has 110 valence electrons. The van der Waals surface area contributed by atoms with Crippen LogP contribution in [0.3, 0.4) is 0 Å². The Morgan fingerprint density at radius 2 is 1.95 bits per heavy atom. The molecule has 2 aromatic carbocycles. The average molecular weight is 325 g/mol. The van der Waals surface area contributed by atoms with Gasteiger partial charge in [0.25, 0.3) is 0 Å². The Balaban J connectivity index is 1.97. The smallest absolute Gasteiger partial charge is 0.319 e. The lowest BCUT2D eigenvalue weighted by molar-refractivity contribution is 0.251. The van der Waals surface area contributed by atoms with Gasteiger partial charge in [-0.3, -0.25) is 0 Å². The van der Waals surface area contributed by atoms with Crippen LogP contribution in [0.2, 0.25) is 10.0 Å². The van der Waals surface area contributed by atoms with E-state index in [1.54, 1.807) is 25.3 Å². The number of amides is 2. The SMILES string of the molecule is COc1ccccc1CNC(=O)Nc1cc(Cl)ccc1Cl. The van der Waals surface area contributed by atoms with Gasteiger partial charge < -0.3 is 15.4 Å². The number of anilines is 1. The molecule has 0 aromatic heterocycles. The molecule has 21 heavy (non-hydrogen) atoms. The van der Waals surface area contributed by atoms with Gasteiger partial charge in [-0.25, -0.2) is 4.79 Å². The number of ether oxygens (including phenoxy) is 1. The maximum Gasteiger partial charge on any atom is 0.319 e. The maximum absolute atomic E-state index is 11.9. The van der Waals surface area contributed by atoms with Crippen LogP contribution in [0.5, 0.6) is 5.75 Å². The summed E-state index contributed by atoms with van der Waals surface area (Å²) in [5.74, 6) is 0.721. The van der Waals surface area contributed by atoms with E-state index in [0.29, 0.717) is 22.3 Å². The Morgan fingerprint density at radius 3 is 2.71 bits per heavy atom. The van der Waals surface area contributed by atoms with Gasteiger partial charge in [-0.15, -0.1) is 0 Å². The Bertz CT molecular complexity index is 647. The average Bonchev–Trinajstić information content (AvgIpc) is 2.49. The minimum absolute atomic E-state index is 0.341. The summed E-state index contributed by atoms with van der Waals surface area (Å²) in [5, 5.41) is 6.31. The number of urea groups is 1. The minimum Gasteiger partial charge on any atom is -0.496 e. The molecule has 0 saturated heterocycles. The first-order valence-corrected chi connectivity index (χ1v) is 6.97. The number of hydrogen-bond donors (Lipinski definition) is 2. The molecule has 2 N–H and O–H groups in total. The second-order valence-corrected chi connectivity index (χ2v) is 5.09. The van der Waals surface area contributed by atoms with Crippen molar-refractivity contribution in [2.75, 3.05) is 12.4 Å². The second-order valence-electron chi connectivity index (χ2n) is 4.24. The van der Waals surface area contributed by atoms with Crippen molar-refractivity contribution in [3.8, 4) is 5.75 Å². The van der Waals surface area contributed by atoms with Crippen molar-refractivity contribution in [3.63, 3.8) is 0 Å². The highest BCUT2D eigenvalue weighted by atomic mass is 35.5. The molecule has 4 nitrogen and oxygen atoms in total. The van der Waals surface area contributed by atoms with Crippen molar-refractivity contribution in [3.05, 3.63) is 58.1 Å². The standard InChI is InChI=1S/C15H14Cl2N2O2/c1-21-14-5-3-2-4-10(14)9-18-15(20)19-13-8-11(16)6-7-12(13)17/h2-8H,9H2,1H3,(H2,18,19,20). The molecular formula is C15H14Cl2N2O2. The lowest BCUT2D eigenvalue weighted by atomic mass is 10.2. The Kier molecular flexibility index (Phi) is 5.31. The van der Waals surface area contributed by atoms with Crippen molar-refractivity contribution in [1.29, 1.82) is 0 Å². The maximum atomic E-state index is 11.9. The van der Waals surface area contributed by atoms with Crippen molar-refractivity contribution in [2.24, 2.45) is 0 Å². The molecule has 0 aliphatic heterocycles. The van der Waals surface area contributed by atoms with Crippen molar-refractivity contribution >= 4 is 34.9 Å². The number of para-hydroxylation sites is 1. The molecule has 2 aromatic rings. The van der Waals surface area contributed by atoms with E-state index >= 15 is 0 Å². The first-order chi connectivity index (χ1) is 10.1. The van der Waals surface area contributed by atoms with Crippen LogP contribution in [-0.4, -0.2) is 13.1 Å². The summed E-state index contributed by atoms with van der Waals surface area (Å²) < 4.78 is 5.22. The molecule has 0 bridgehead atoms. The lowest BCUT2D eigenvalue weighted by Gasteiger charge is -2.11. The van der Waals surface area contributed by atoms with E-state index in [2.05, 4.69) is 10.6 Å². The molecule has 2 rings (SSSR count). The predicted octanol–water partition coefficient (Wildman–Crippen LogP) is 4.32. The van der Waals surface area contributed by atoms with Crippen molar-refractivity contribution in [2.45, 2.75) is 6.54 Å². The molecule has 0 unspecified atom stereocenters. The van der Waals surface area contributed by atoms with E-state index in [1.165, 1.54) is 0 Å². The highest BCUT2D eigenvalue weighted by Gasteiger charge is 2.07. The van der Waals surface area contributed by atoms with Gasteiger partial charge in [0.05, 0.1) is 17.8 Å². The largest absolute Gasteiger partial charge is 0.496 e. The summed E-state index contributed by atoms with van der Waals surface area (Å²) in [7, 11) is 1.59. The van der Waals surface area contributed by atoms with Gasteiger partial charge >= 0.3 is 6.03 Å². The topological polar surface area (TPSA) is 50.4 Å². The molecule has 0 radical (unpaired) electrons. The van der Waals surface area contributed by atoms with Crippen LogP contribution in [0.1, 0.15) is 5.56 Å². The number of methoxy groups -OCH3 is 1. The monoisotopic (exact) mass is 324 g/mol. The van der Waals surface area contributed by atoms with E-state index in [-0.39, 0.29) is 6.03 Å². The van der Waals surface area contributed by atoms with Gasteiger partial charge in [0.1, 0.15) is 5.75 Å². The van der Waals surface area contributed by atoms with Gasteiger partial charge in [-0.2, -0.15) is 0 Å². The quantitative estimate of drug-likeness (QED) is 0.879. The van der Waals surface area contributed by atoms with Crippen LogP contribution in [0.4, 0.5) is 10.5 Å². The predicted molar refractivity (Wildman–Crippen MR) is 85.3 cm³/mol. The fraction of sp³-hybridized carbons (Fsp3) is 0.133. The Labute approximate surface area is 133 Å². The first-order valence-electron chi connectivity index (χ1n) is 6.22. The third-order valence-electron chi connectivity index (χ3n) is 2.81. The number of rotatable bonds is 4. The van der Waals surface area contributed by atoms with Crippen LogP contribution in [0.15, 0.2) is 42.5 Å². The zero-order chi connectivity index (χ0) is 15.2. The zero-order valence-corrected chi connectivity index (χ0v) is 12.8. The van der Waals surface area contributed by atoms with Gasteiger partial charge in [0.2, 0.25) is 0 Å². The van der Waals surface area contributed by atoms with Gasteiger partial charge in [-0.1, -0.05) is 41.4 Å². The summed E-state index contributed by atoms with van der Waals surface area (Å²) in [5.41, 5.74) is 1.34. The van der Waals surface area contributed by atoms with E-state index in [4.69, 9.17) is 27.9 Å². The normalized spacial score (nSPS) is 10.0. The number of carbonyl (C=O) groups excluding carboxylic acids is 1. The number of hydrogen-bond acceptors (Lipinski definition) is 2. The molecule has 0 atom stereocenters. The van der Waals surface area contributed by atoms with Crippen LogP contribution >= 0.6 is 23.2 Å². The highest BCUT2D eigenvalue weighted by molar-refractivity contribution is 6.35. The summed E-state index contributed by atoms with van der Waals surface area (Å²) in [6, 6.07) is 12.0. The van der Waals surface area contributed by atoms with Gasteiger partial charge in [-0.05, 0) is 24.3 Å². The molecule has 0 fully saturated rings. The molecule has 6 heteroatoms. The molecule has 0 aliphatic carbocycles. The van der Waals surface area contributed by atoms with Gasteiger partial charge in [0, 0.05) is 17.1 Å². The number of halogens is 2. The van der Waals surface area contributed by atoms with E-state index in [0.717, 1.165) is 11.3 Å². The van der Waals surface area contributed by atoms with E-state index in [9.17, 15) is 4.79 Å². The molecule has 0 saturated carbocycles. The van der Waals surface area contributed by atoms with Gasteiger partial charge in [0.15, 0.2) is 0 Å². The fourth-order valence-electron chi connectivity index (χ4n) is 1.78. The fourth-order valence-corrected chi connectivity index (χ4v) is 2.12. The summed E-state index contributed by atoms with van der Waals surface area (Å²) in [6.07, 6.45) is 0. The van der Waals surface area contributed by atoms with Crippen LogP contribution in [-0.2, 0) is 6.54 Å². The van der Waals surface area contributed by atoms with Crippen molar-refractivity contribution in [1.82, 2.24) is 5.32 Å². The van der Waals surface area contributed by atoms with Crippen LogP contribution in [0, 0.1) is 0 Å². The third-order valence-corrected chi connectivity index (χ3v) is 3.37. The molecule has 0 aliphatic rings. The second kappa shape index (κ2) is 7.20. The number of benzene rings is 2. The zero-order valence-electron chi connectivity index (χ0n) is 11.3. The molecular weight excluding hydrogens is 311 g/mol. The number of nitrogens with one attached hydrogen (secondary N) is 2. The first kappa shape index (κ1) is 15.5. The van der Waals surface area contributed by atoms with E-state index < -0.39 is 0 Å². The third kappa shape index (κ3) is 4.28. The molecule has 0 heterocycles. The van der Waals surface area contributed by atoms with Crippen LogP contribution in [0.25, 0.3) is 0 Å². The van der Waals surface area contributed by atoms with E-state index in [1.807, 2.05) is 24.3 Å². The van der Waals surface area contributed by atoms with Crippen LogP contribution < -0.4 is 15.4 Å².